The number of unbranched alkanes of at least 4 members (excludes halogenated alkanes) is 2. The van der Waals surface area contributed by atoms with Crippen LogP contribution < -0.4 is 21.3 Å². The molecule has 2 aromatic carbocycles. The van der Waals surface area contributed by atoms with Gasteiger partial charge >= 0.3 is 6.09 Å². The lowest BCUT2D eigenvalue weighted by atomic mass is 10.0. The maximum atomic E-state index is 13.0. The fraction of sp³-hybridized carbons (Fsp3) is 0.448. The van der Waals surface area contributed by atoms with Gasteiger partial charge in [0, 0.05) is 23.0 Å². The van der Waals surface area contributed by atoms with Crippen LogP contribution in [0.3, 0.4) is 0 Å². The molecule has 2 aromatic rings. The Balaban J connectivity index is 1.82. The minimum Gasteiger partial charge on any atom is -0.444 e. The summed E-state index contributed by atoms with van der Waals surface area (Å²) in [4.78, 5) is 49.9. The van der Waals surface area contributed by atoms with Gasteiger partial charge in [-0.2, -0.15) is 0 Å². The van der Waals surface area contributed by atoms with Gasteiger partial charge in [0.2, 0.25) is 17.7 Å². The number of ether oxygens (including phenoxy) is 1. The molecule has 0 heterocycles. The van der Waals surface area contributed by atoms with Gasteiger partial charge < -0.3 is 26.0 Å². The summed E-state index contributed by atoms with van der Waals surface area (Å²) in [5, 5.41) is 11.1. The quantitative estimate of drug-likeness (QED) is 0.207. The normalized spacial score (nSPS) is 11.9. The molecule has 0 aliphatic rings. The molecule has 212 valence electrons. The van der Waals surface area contributed by atoms with Crippen molar-refractivity contribution >= 4 is 56.8 Å². The first-order valence-electron chi connectivity index (χ1n) is 13.1. The summed E-state index contributed by atoms with van der Waals surface area (Å²) in [6, 6.07) is 13.5. The molecule has 0 unspecified atom stereocenters. The van der Waals surface area contributed by atoms with Gasteiger partial charge in [-0.25, -0.2) is 4.79 Å². The van der Waals surface area contributed by atoms with E-state index in [1.54, 1.807) is 45.0 Å². The number of rotatable bonds is 12. The standard InChI is InChI=1S/C29H39BrN4O5/c1-19(2)26(34-28(38)39-29(3,4)5)27(37)33-23-15-10-9-14-22(23)32-25(36)17-8-6-7-16-24(35)31-21-13-11-12-20(30)18-21/h9-15,18-19,26H,6-8,16-17H2,1-5H3,(H,31,35)(H,32,36)(H,33,37)(H,34,38)/t26-/m0/s1. The van der Waals surface area contributed by atoms with E-state index in [0.29, 0.717) is 30.6 Å². The Labute approximate surface area is 239 Å². The maximum absolute atomic E-state index is 13.0. The second-order valence-electron chi connectivity index (χ2n) is 10.6. The number of halogens is 1. The number of amides is 4. The predicted octanol–water partition coefficient (Wildman–Crippen LogP) is 6.46. The largest absolute Gasteiger partial charge is 0.444 e. The number of benzene rings is 2. The van der Waals surface area contributed by atoms with Gasteiger partial charge in [-0.15, -0.1) is 0 Å². The smallest absolute Gasteiger partial charge is 0.408 e. The van der Waals surface area contributed by atoms with Crippen LogP contribution in [0.1, 0.15) is 66.7 Å². The molecule has 0 radical (unpaired) electrons. The van der Waals surface area contributed by atoms with Gasteiger partial charge in [0.25, 0.3) is 0 Å². The SMILES string of the molecule is CC(C)[C@H](NC(=O)OC(C)(C)C)C(=O)Nc1ccccc1NC(=O)CCCCCC(=O)Nc1cccc(Br)c1. The number of carbonyl (C=O) groups excluding carboxylic acids is 4. The van der Waals surface area contributed by atoms with E-state index in [0.717, 1.165) is 16.6 Å². The van der Waals surface area contributed by atoms with Crippen molar-refractivity contribution in [2.24, 2.45) is 5.92 Å². The van der Waals surface area contributed by atoms with E-state index in [-0.39, 0.29) is 24.2 Å². The molecule has 0 aromatic heterocycles. The Morgan fingerprint density at radius 3 is 1.97 bits per heavy atom. The van der Waals surface area contributed by atoms with E-state index >= 15 is 0 Å². The summed E-state index contributed by atoms with van der Waals surface area (Å²) in [5.41, 5.74) is 0.936. The zero-order valence-electron chi connectivity index (χ0n) is 23.2. The van der Waals surface area contributed by atoms with Crippen LogP contribution in [0.2, 0.25) is 0 Å². The van der Waals surface area contributed by atoms with E-state index in [4.69, 9.17) is 4.74 Å². The van der Waals surface area contributed by atoms with Crippen LogP contribution in [-0.2, 0) is 19.1 Å². The van der Waals surface area contributed by atoms with E-state index in [1.807, 2.05) is 38.1 Å². The lowest BCUT2D eigenvalue weighted by Gasteiger charge is -2.25. The molecular weight excluding hydrogens is 564 g/mol. The molecule has 2 rings (SSSR count). The summed E-state index contributed by atoms with van der Waals surface area (Å²) in [7, 11) is 0. The Morgan fingerprint density at radius 1 is 0.821 bits per heavy atom. The summed E-state index contributed by atoms with van der Waals surface area (Å²) in [6.07, 6.45) is 2.00. The van der Waals surface area contributed by atoms with Crippen LogP contribution >= 0.6 is 15.9 Å². The molecule has 4 N–H and O–H groups in total. The third kappa shape index (κ3) is 12.3. The van der Waals surface area contributed by atoms with Crippen molar-refractivity contribution < 1.29 is 23.9 Å². The molecule has 0 spiro atoms. The zero-order chi connectivity index (χ0) is 29.0. The van der Waals surface area contributed by atoms with Crippen LogP contribution in [0.25, 0.3) is 0 Å². The highest BCUT2D eigenvalue weighted by Crippen LogP contribution is 2.23. The van der Waals surface area contributed by atoms with Crippen molar-refractivity contribution in [1.82, 2.24) is 5.32 Å². The van der Waals surface area contributed by atoms with Gasteiger partial charge in [0.05, 0.1) is 11.4 Å². The number of carbonyl (C=O) groups is 4. The summed E-state index contributed by atoms with van der Waals surface area (Å²) >= 11 is 3.38. The van der Waals surface area contributed by atoms with Gasteiger partial charge in [-0.3, -0.25) is 14.4 Å². The topological polar surface area (TPSA) is 126 Å². The first-order chi connectivity index (χ1) is 18.3. The van der Waals surface area contributed by atoms with Crippen molar-refractivity contribution in [1.29, 1.82) is 0 Å². The highest BCUT2D eigenvalue weighted by Gasteiger charge is 2.27. The maximum Gasteiger partial charge on any atom is 0.408 e. The van der Waals surface area contributed by atoms with Gasteiger partial charge in [-0.05, 0) is 69.9 Å². The van der Waals surface area contributed by atoms with Gasteiger partial charge in [-0.1, -0.05) is 54.4 Å². The molecule has 0 bridgehead atoms. The number of para-hydroxylation sites is 2. The van der Waals surface area contributed by atoms with E-state index in [2.05, 4.69) is 37.2 Å². The molecule has 1 atom stereocenters. The Bertz CT molecular complexity index is 1150. The van der Waals surface area contributed by atoms with Gasteiger partial charge in [0.1, 0.15) is 11.6 Å². The molecule has 0 saturated carbocycles. The lowest BCUT2D eigenvalue weighted by Crippen LogP contribution is -2.48. The molecule has 0 aliphatic carbocycles. The molecule has 0 fully saturated rings. The van der Waals surface area contributed by atoms with Crippen LogP contribution in [0.4, 0.5) is 21.9 Å². The Morgan fingerprint density at radius 2 is 1.41 bits per heavy atom. The predicted molar refractivity (Wildman–Crippen MR) is 158 cm³/mol. The van der Waals surface area contributed by atoms with Crippen molar-refractivity contribution in [2.75, 3.05) is 16.0 Å². The number of hydrogen-bond acceptors (Lipinski definition) is 5. The Kier molecular flexibility index (Phi) is 12.4. The molecule has 10 heteroatoms. The zero-order valence-corrected chi connectivity index (χ0v) is 24.8. The first kappa shape index (κ1) is 31.8. The molecule has 9 nitrogen and oxygen atoms in total. The number of hydrogen-bond donors (Lipinski definition) is 4. The fourth-order valence-electron chi connectivity index (χ4n) is 3.63. The van der Waals surface area contributed by atoms with Crippen molar-refractivity contribution in [3.05, 3.63) is 53.0 Å². The fourth-order valence-corrected chi connectivity index (χ4v) is 4.03. The highest BCUT2D eigenvalue weighted by molar-refractivity contribution is 9.10. The lowest BCUT2D eigenvalue weighted by molar-refractivity contribution is -0.119. The van der Waals surface area contributed by atoms with E-state index in [9.17, 15) is 19.2 Å². The number of anilines is 3. The first-order valence-corrected chi connectivity index (χ1v) is 13.9. The van der Waals surface area contributed by atoms with Crippen LogP contribution in [-0.4, -0.2) is 35.5 Å². The molecular formula is C29H39BrN4O5. The highest BCUT2D eigenvalue weighted by atomic mass is 79.9. The minimum atomic E-state index is -0.829. The summed E-state index contributed by atoms with van der Waals surface area (Å²) < 4.78 is 6.18. The van der Waals surface area contributed by atoms with Crippen molar-refractivity contribution in [3.63, 3.8) is 0 Å². The summed E-state index contributed by atoms with van der Waals surface area (Å²) in [6.45, 7) is 8.88. The average Bonchev–Trinajstić information content (AvgIpc) is 2.82. The van der Waals surface area contributed by atoms with Crippen molar-refractivity contribution in [3.8, 4) is 0 Å². The van der Waals surface area contributed by atoms with Gasteiger partial charge in [0.15, 0.2) is 0 Å². The number of nitrogens with one attached hydrogen (secondary N) is 4. The molecule has 39 heavy (non-hydrogen) atoms. The molecule has 0 aliphatic heterocycles. The molecule has 4 amide bonds. The van der Waals surface area contributed by atoms with E-state index in [1.165, 1.54) is 0 Å². The monoisotopic (exact) mass is 602 g/mol. The third-order valence-electron chi connectivity index (χ3n) is 5.50. The van der Waals surface area contributed by atoms with E-state index < -0.39 is 23.6 Å². The molecule has 0 saturated heterocycles. The Hall–Kier alpha value is -3.40. The van der Waals surface area contributed by atoms with Crippen LogP contribution in [0.15, 0.2) is 53.0 Å². The summed E-state index contributed by atoms with van der Waals surface area (Å²) in [5.74, 6) is -0.875. The average molecular weight is 604 g/mol. The second kappa shape index (κ2) is 15.3. The third-order valence-corrected chi connectivity index (χ3v) is 5.99. The van der Waals surface area contributed by atoms with Crippen LogP contribution in [0.5, 0.6) is 0 Å². The second-order valence-corrected chi connectivity index (χ2v) is 11.5. The van der Waals surface area contributed by atoms with Crippen molar-refractivity contribution in [2.45, 2.75) is 78.4 Å². The number of alkyl carbamates (subject to hydrolysis) is 1. The van der Waals surface area contributed by atoms with Crippen LogP contribution in [0, 0.1) is 5.92 Å². The minimum absolute atomic E-state index is 0.0666.